The maximum absolute atomic E-state index is 12.3. The molecular weight excluding hydrogens is 256 g/mol. The Balaban J connectivity index is 2.68. The molecular formula is C12H20O3S2. The number of carbonyl (C=O) groups is 2. The molecule has 1 fully saturated rings. The van der Waals surface area contributed by atoms with Crippen LogP contribution in [0, 0.1) is 11.8 Å². The lowest BCUT2D eigenvalue weighted by molar-refractivity contribution is -0.153. The van der Waals surface area contributed by atoms with Crippen LogP contribution in [0.4, 0.5) is 0 Å². The van der Waals surface area contributed by atoms with E-state index >= 15 is 0 Å². The van der Waals surface area contributed by atoms with Crippen LogP contribution >= 0.6 is 23.5 Å². The van der Waals surface area contributed by atoms with Crippen LogP contribution in [-0.2, 0) is 14.3 Å². The highest BCUT2D eigenvalue weighted by atomic mass is 32.2. The summed E-state index contributed by atoms with van der Waals surface area (Å²) in [5, 5.41) is -0.0365. The summed E-state index contributed by atoms with van der Waals surface area (Å²) in [5.74, 6) is 2.03. The Morgan fingerprint density at radius 1 is 1.35 bits per heavy atom. The number of hydrogen-bond donors (Lipinski definition) is 0. The quantitative estimate of drug-likeness (QED) is 0.569. The van der Waals surface area contributed by atoms with Crippen LogP contribution in [0.1, 0.15) is 20.8 Å². The highest BCUT2D eigenvalue weighted by molar-refractivity contribution is 8.07. The minimum atomic E-state index is -0.592. The molecule has 0 spiro atoms. The van der Waals surface area contributed by atoms with E-state index in [2.05, 4.69) is 0 Å². The van der Waals surface area contributed by atoms with Gasteiger partial charge in [-0.1, -0.05) is 13.8 Å². The van der Waals surface area contributed by atoms with E-state index in [9.17, 15) is 9.59 Å². The number of ether oxygens (including phenoxy) is 1. The molecule has 1 aliphatic heterocycles. The maximum Gasteiger partial charge on any atom is 0.316 e. The molecule has 0 N–H and O–H groups in total. The number of Topliss-reactive ketones (excluding diaryl/α,β-unsaturated/α-hetero) is 1. The molecule has 98 valence electrons. The summed E-state index contributed by atoms with van der Waals surface area (Å²) in [6, 6.07) is 0. The van der Waals surface area contributed by atoms with Gasteiger partial charge in [-0.25, -0.2) is 0 Å². The van der Waals surface area contributed by atoms with Crippen LogP contribution in [0.2, 0.25) is 0 Å². The third-order valence-electron chi connectivity index (χ3n) is 2.65. The molecule has 5 heteroatoms. The van der Waals surface area contributed by atoms with Crippen molar-refractivity contribution in [3.05, 3.63) is 0 Å². The van der Waals surface area contributed by atoms with E-state index in [1.165, 1.54) is 0 Å². The van der Waals surface area contributed by atoms with E-state index < -0.39 is 5.92 Å². The van der Waals surface area contributed by atoms with Crippen molar-refractivity contribution in [2.45, 2.75) is 26.0 Å². The maximum atomic E-state index is 12.3. The third kappa shape index (κ3) is 4.21. The van der Waals surface area contributed by atoms with Crippen molar-refractivity contribution in [1.82, 2.24) is 0 Å². The summed E-state index contributed by atoms with van der Waals surface area (Å²) in [5.41, 5.74) is 0. The average Bonchev–Trinajstić information content (AvgIpc) is 2.30. The lowest BCUT2D eigenvalue weighted by Gasteiger charge is -2.25. The second-order valence-corrected chi connectivity index (χ2v) is 6.77. The number of ketones is 1. The molecule has 0 aromatic carbocycles. The average molecular weight is 276 g/mol. The molecule has 0 bridgehead atoms. The Morgan fingerprint density at radius 2 is 2.06 bits per heavy atom. The highest BCUT2D eigenvalue weighted by Gasteiger charge is 2.36. The molecule has 17 heavy (non-hydrogen) atoms. The van der Waals surface area contributed by atoms with Crippen molar-refractivity contribution in [2.24, 2.45) is 11.8 Å². The Hall–Kier alpha value is -0.160. The van der Waals surface area contributed by atoms with Crippen molar-refractivity contribution in [2.75, 3.05) is 23.9 Å². The van der Waals surface area contributed by atoms with E-state index in [1.807, 2.05) is 13.8 Å². The van der Waals surface area contributed by atoms with Gasteiger partial charge >= 0.3 is 5.97 Å². The van der Waals surface area contributed by atoms with Crippen LogP contribution in [0.15, 0.2) is 0 Å². The molecule has 2 unspecified atom stereocenters. The van der Waals surface area contributed by atoms with Gasteiger partial charge in [0.05, 0.1) is 11.9 Å². The number of thioether (sulfide) groups is 2. The summed E-state index contributed by atoms with van der Waals surface area (Å²) >= 11 is 3.47. The van der Waals surface area contributed by atoms with Crippen molar-refractivity contribution in [3.63, 3.8) is 0 Å². The standard InChI is InChI=1S/C12H20O3S2/c1-4-15-12(14)10(8(2)3)11(13)9-7-16-5-6-17-9/h8-10H,4-7H2,1-3H3. The van der Waals surface area contributed by atoms with Gasteiger partial charge < -0.3 is 4.74 Å². The summed E-state index contributed by atoms with van der Waals surface area (Å²) in [6.45, 7) is 5.91. The summed E-state index contributed by atoms with van der Waals surface area (Å²) in [7, 11) is 0. The first kappa shape index (κ1) is 14.9. The second-order valence-electron chi connectivity index (χ2n) is 4.31. The van der Waals surface area contributed by atoms with Gasteiger partial charge in [-0.05, 0) is 12.8 Å². The summed E-state index contributed by atoms with van der Waals surface area (Å²) < 4.78 is 5.00. The van der Waals surface area contributed by atoms with E-state index in [4.69, 9.17) is 4.74 Å². The van der Waals surface area contributed by atoms with Gasteiger partial charge in [-0.3, -0.25) is 9.59 Å². The van der Waals surface area contributed by atoms with Crippen LogP contribution < -0.4 is 0 Å². The van der Waals surface area contributed by atoms with Gasteiger partial charge in [0.25, 0.3) is 0 Å². The molecule has 0 aromatic heterocycles. The Morgan fingerprint density at radius 3 is 2.53 bits per heavy atom. The zero-order valence-corrected chi connectivity index (χ0v) is 12.2. The van der Waals surface area contributed by atoms with Crippen LogP contribution in [0.3, 0.4) is 0 Å². The van der Waals surface area contributed by atoms with Crippen molar-refractivity contribution < 1.29 is 14.3 Å². The van der Waals surface area contributed by atoms with Gasteiger partial charge in [0.15, 0.2) is 5.78 Å². The first-order valence-corrected chi connectivity index (χ1v) is 8.18. The summed E-state index contributed by atoms with van der Waals surface area (Å²) in [6.07, 6.45) is 0. The van der Waals surface area contributed by atoms with Crippen LogP contribution in [0.5, 0.6) is 0 Å². The molecule has 1 rings (SSSR count). The molecule has 3 nitrogen and oxygen atoms in total. The van der Waals surface area contributed by atoms with E-state index in [1.54, 1.807) is 30.4 Å². The number of carbonyl (C=O) groups excluding carboxylic acids is 2. The van der Waals surface area contributed by atoms with E-state index in [-0.39, 0.29) is 22.9 Å². The Bertz CT molecular complexity index is 273. The molecule has 0 aromatic rings. The lowest BCUT2D eigenvalue weighted by atomic mass is 9.90. The van der Waals surface area contributed by atoms with Crippen LogP contribution in [0.25, 0.3) is 0 Å². The molecule has 1 saturated heterocycles. The predicted molar refractivity (Wildman–Crippen MR) is 73.5 cm³/mol. The normalized spacial score (nSPS) is 22.2. The molecule has 0 saturated carbocycles. The second kappa shape index (κ2) is 7.31. The number of esters is 1. The van der Waals surface area contributed by atoms with Crippen molar-refractivity contribution in [3.8, 4) is 0 Å². The van der Waals surface area contributed by atoms with Gasteiger partial charge in [0, 0.05) is 17.3 Å². The third-order valence-corrected chi connectivity index (χ3v) is 5.42. The fraction of sp³-hybridized carbons (Fsp3) is 0.833. The van der Waals surface area contributed by atoms with E-state index in [0.717, 1.165) is 17.3 Å². The SMILES string of the molecule is CCOC(=O)C(C(=O)C1CSCCS1)C(C)C. The molecule has 1 heterocycles. The van der Waals surface area contributed by atoms with Gasteiger partial charge in [-0.2, -0.15) is 11.8 Å². The fourth-order valence-electron chi connectivity index (χ4n) is 1.80. The minimum Gasteiger partial charge on any atom is -0.465 e. The molecule has 1 aliphatic rings. The first-order valence-electron chi connectivity index (χ1n) is 5.97. The smallest absolute Gasteiger partial charge is 0.316 e. The lowest BCUT2D eigenvalue weighted by Crippen LogP contribution is -2.38. The predicted octanol–water partition coefficient (Wildman–Crippen LogP) is 2.24. The van der Waals surface area contributed by atoms with Crippen molar-refractivity contribution >= 4 is 35.3 Å². The minimum absolute atomic E-state index is 0.00840. The number of hydrogen-bond acceptors (Lipinski definition) is 5. The monoisotopic (exact) mass is 276 g/mol. The zero-order valence-electron chi connectivity index (χ0n) is 10.6. The molecule has 0 aliphatic carbocycles. The van der Waals surface area contributed by atoms with Crippen molar-refractivity contribution in [1.29, 1.82) is 0 Å². The largest absolute Gasteiger partial charge is 0.465 e. The molecule has 2 atom stereocenters. The van der Waals surface area contributed by atoms with Gasteiger partial charge in [0.1, 0.15) is 5.92 Å². The highest BCUT2D eigenvalue weighted by Crippen LogP contribution is 2.29. The first-order chi connectivity index (χ1) is 8.07. The Kier molecular flexibility index (Phi) is 6.41. The van der Waals surface area contributed by atoms with Crippen LogP contribution in [-0.4, -0.2) is 40.9 Å². The van der Waals surface area contributed by atoms with Gasteiger partial charge in [0.2, 0.25) is 0 Å². The zero-order chi connectivity index (χ0) is 12.8. The topological polar surface area (TPSA) is 43.4 Å². The fourth-order valence-corrected chi connectivity index (χ4v) is 4.47. The number of rotatable bonds is 5. The van der Waals surface area contributed by atoms with Gasteiger partial charge in [-0.15, -0.1) is 11.8 Å². The molecule has 0 amide bonds. The van der Waals surface area contributed by atoms with E-state index in [0.29, 0.717) is 6.61 Å². The summed E-state index contributed by atoms with van der Waals surface area (Å²) in [4.78, 5) is 24.1. The molecule has 0 radical (unpaired) electrons. The Labute approximate surface area is 111 Å².